The van der Waals surface area contributed by atoms with Crippen LogP contribution in [0.25, 0.3) is 0 Å². The molecule has 22 heavy (non-hydrogen) atoms. The van der Waals surface area contributed by atoms with Crippen LogP contribution < -0.4 is 15.8 Å². The SMILES string of the molecule is CN(C)c1cccc(C(=O)NNC(=O)c2ccccc2Br)c1. The summed E-state index contributed by atoms with van der Waals surface area (Å²) in [6, 6.07) is 14.1. The van der Waals surface area contributed by atoms with E-state index in [-0.39, 0.29) is 11.8 Å². The van der Waals surface area contributed by atoms with Gasteiger partial charge in [-0.3, -0.25) is 20.4 Å². The summed E-state index contributed by atoms with van der Waals surface area (Å²) in [6.07, 6.45) is 0. The Kier molecular flexibility index (Phi) is 5.16. The van der Waals surface area contributed by atoms with Crippen LogP contribution >= 0.6 is 15.9 Å². The second-order valence-corrected chi connectivity index (χ2v) is 5.69. The molecule has 0 saturated heterocycles. The Morgan fingerprint density at radius 3 is 2.32 bits per heavy atom. The highest BCUT2D eigenvalue weighted by molar-refractivity contribution is 9.10. The number of amides is 2. The molecule has 0 heterocycles. The van der Waals surface area contributed by atoms with E-state index < -0.39 is 0 Å². The lowest BCUT2D eigenvalue weighted by atomic mass is 10.2. The number of hydrogen-bond donors (Lipinski definition) is 2. The number of hydrogen-bond acceptors (Lipinski definition) is 3. The van der Waals surface area contributed by atoms with Gasteiger partial charge in [0.1, 0.15) is 0 Å². The van der Waals surface area contributed by atoms with Crippen LogP contribution in [-0.4, -0.2) is 25.9 Å². The van der Waals surface area contributed by atoms with Gasteiger partial charge in [-0.15, -0.1) is 0 Å². The zero-order valence-corrected chi connectivity index (χ0v) is 13.8. The minimum Gasteiger partial charge on any atom is -0.378 e. The molecule has 0 unspecified atom stereocenters. The molecule has 0 aromatic heterocycles. The third-order valence-electron chi connectivity index (χ3n) is 3.03. The van der Waals surface area contributed by atoms with Crippen molar-refractivity contribution in [2.45, 2.75) is 0 Å². The van der Waals surface area contributed by atoms with Crippen molar-refractivity contribution >= 4 is 33.4 Å². The van der Waals surface area contributed by atoms with Crippen LogP contribution in [0.4, 0.5) is 5.69 Å². The predicted molar refractivity (Wildman–Crippen MR) is 89.8 cm³/mol. The minimum absolute atomic E-state index is 0.371. The quantitative estimate of drug-likeness (QED) is 0.826. The van der Waals surface area contributed by atoms with Gasteiger partial charge in [-0.1, -0.05) is 18.2 Å². The highest BCUT2D eigenvalue weighted by atomic mass is 79.9. The van der Waals surface area contributed by atoms with Crippen LogP contribution in [0.1, 0.15) is 20.7 Å². The lowest BCUT2D eigenvalue weighted by Gasteiger charge is -2.14. The highest BCUT2D eigenvalue weighted by Crippen LogP contribution is 2.15. The van der Waals surface area contributed by atoms with E-state index in [2.05, 4.69) is 26.8 Å². The fraction of sp³-hybridized carbons (Fsp3) is 0.125. The number of rotatable bonds is 3. The Balaban J connectivity index is 2.03. The van der Waals surface area contributed by atoms with E-state index >= 15 is 0 Å². The first kappa shape index (κ1) is 16.0. The first-order valence-corrected chi connectivity index (χ1v) is 7.41. The van der Waals surface area contributed by atoms with Crippen molar-refractivity contribution in [1.82, 2.24) is 10.9 Å². The summed E-state index contributed by atoms with van der Waals surface area (Å²) in [5, 5.41) is 0. The van der Waals surface area contributed by atoms with Crippen molar-refractivity contribution in [2.24, 2.45) is 0 Å². The maximum absolute atomic E-state index is 12.1. The standard InChI is InChI=1S/C16H16BrN3O2/c1-20(2)12-7-5-6-11(10-12)15(21)18-19-16(22)13-8-3-4-9-14(13)17/h3-10H,1-2H3,(H,18,21)(H,19,22). The largest absolute Gasteiger partial charge is 0.378 e. The molecule has 2 aromatic carbocycles. The van der Waals surface area contributed by atoms with Gasteiger partial charge in [0.25, 0.3) is 11.8 Å². The molecule has 0 aliphatic carbocycles. The van der Waals surface area contributed by atoms with E-state index in [1.807, 2.05) is 31.1 Å². The van der Waals surface area contributed by atoms with E-state index in [1.54, 1.807) is 36.4 Å². The molecule has 0 bridgehead atoms. The lowest BCUT2D eigenvalue weighted by molar-refractivity contribution is 0.0846. The number of anilines is 1. The molecule has 6 heteroatoms. The van der Waals surface area contributed by atoms with E-state index in [0.717, 1.165) is 5.69 Å². The third kappa shape index (κ3) is 3.85. The molecule has 2 aromatic rings. The number of nitrogens with zero attached hydrogens (tertiary/aromatic N) is 1. The monoisotopic (exact) mass is 361 g/mol. The molecular weight excluding hydrogens is 346 g/mol. The summed E-state index contributed by atoms with van der Waals surface area (Å²) in [5.41, 5.74) is 6.64. The summed E-state index contributed by atoms with van der Waals surface area (Å²) < 4.78 is 0.663. The van der Waals surface area contributed by atoms with Crippen molar-refractivity contribution in [2.75, 3.05) is 19.0 Å². The predicted octanol–water partition coefficient (Wildman–Crippen LogP) is 2.59. The molecule has 0 aliphatic rings. The van der Waals surface area contributed by atoms with Crippen LogP contribution in [-0.2, 0) is 0 Å². The molecule has 0 aliphatic heterocycles. The van der Waals surface area contributed by atoms with Crippen molar-refractivity contribution in [3.63, 3.8) is 0 Å². The summed E-state index contributed by atoms with van der Waals surface area (Å²) >= 11 is 3.30. The molecular formula is C16H16BrN3O2. The van der Waals surface area contributed by atoms with Gasteiger partial charge in [-0.25, -0.2) is 0 Å². The van der Waals surface area contributed by atoms with Crippen molar-refractivity contribution < 1.29 is 9.59 Å². The van der Waals surface area contributed by atoms with Gasteiger partial charge < -0.3 is 4.90 Å². The summed E-state index contributed by atoms with van der Waals surface area (Å²) in [6.45, 7) is 0. The highest BCUT2D eigenvalue weighted by Gasteiger charge is 2.11. The molecule has 0 fully saturated rings. The summed E-state index contributed by atoms with van der Waals surface area (Å²) in [7, 11) is 3.79. The molecule has 2 N–H and O–H groups in total. The van der Waals surface area contributed by atoms with Gasteiger partial charge in [-0.05, 0) is 46.3 Å². The molecule has 5 nitrogen and oxygen atoms in total. The first-order chi connectivity index (χ1) is 10.5. The van der Waals surface area contributed by atoms with E-state index in [9.17, 15) is 9.59 Å². The zero-order valence-electron chi connectivity index (χ0n) is 12.3. The summed E-state index contributed by atoms with van der Waals surface area (Å²) in [5.74, 6) is -0.756. The fourth-order valence-electron chi connectivity index (χ4n) is 1.82. The van der Waals surface area contributed by atoms with Gasteiger partial charge in [0.15, 0.2) is 0 Å². The van der Waals surface area contributed by atoms with Gasteiger partial charge in [0, 0.05) is 29.8 Å². The number of benzene rings is 2. The van der Waals surface area contributed by atoms with Crippen LogP contribution in [0.2, 0.25) is 0 Å². The van der Waals surface area contributed by atoms with Crippen molar-refractivity contribution in [3.8, 4) is 0 Å². The van der Waals surface area contributed by atoms with E-state index in [0.29, 0.717) is 15.6 Å². The fourth-order valence-corrected chi connectivity index (χ4v) is 2.29. The number of nitrogens with one attached hydrogen (secondary N) is 2. The number of hydrazine groups is 1. The second kappa shape index (κ2) is 7.09. The average molecular weight is 362 g/mol. The van der Waals surface area contributed by atoms with Gasteiger partial charge in [0.2, 0.25) is 0 Å². The van der Waals surface area contributed by atoms with Crippen LogP contribution in [0, 0.1) is 0 Å². The number of halogens is 1. The lowest BCUT2D eigenvalue weighted by Crippen LogP contribution is -2.41. The average Bonchev–Trinajstić information content (AvgIpc) is 2.52. The normalized spacial score (nSPS) is 9.95. The molecule has 114 valence electrons. The third-order valence-corrected chi connectivity index (χ3v) is 3.72. The number of carbonyl (C=O) groups is 2. The molecule has 2 amide bonds. The maximum Gasteiger partial charge on any atom is 0.270 e. The molecule has 2 rings (SSSR count). The number of carbonyl (C=O) groups excluding carboxylic acids is 2. The minimum atomic E-state index is -0.385. The molecule has 0 spiro atoms. The topological polar surface area (TPSA) is 61.4 Å². The molecule has 0 saturated carbocycles. The van der Waals surface area contributed by atoms with Crippen molar-refractivity contribution in [3.05, 3.63) is 64.1 Å². The smallest absolute Gasteiger partial charge is 0.270 e. The van der Waals surface area contributed by atoms with Crippen LogP contribution in [0.3, 0.4) is 0 Å². The van der Waals surface area contributed by atoms with E-state index in [1.165, 1.54) is 0 Å². The van der Waals surface area contributed by atoms with Gasteiger partial charge in [0.05, 0.1) is 5.56 Å². The Morgan fingerprint density at radius 1 is 0.955 bits per heavy atom. The van der Waals surface area contributed by atoms with Gasteiger partial charge in [-0.2, -0.15) is 0 Å². The van der Waals surface area contributed by atoms with Crippen LogP contribution in [0.15, 0.2) is 53.0 Å². The first-order valence-electron chi connectivity index (χ1n) is 6.61. The van der Waals surface area contributed by atoms with Gasteiger partial charge >= 0.3 is 0 Å². The maximum atomic E-state index is 12.1. The van der Waals surface area contributed by atoms with E-state index in [4.69, 9.17) is 0 Å². The Morgan fingerprint density at radius 2 is 1.64 bits per heavy atom. The second-order valence-electron chi connectivity index (χ2n) is 4.83. The molecule has 0 radical (unpaired) electrons. The summed E-state index contributed by atoms with van der Waals surface area (Å²) in [4.78, 5) is 26.0. The van der Waals surface area contributed by atoms with Crippen molar-refractivity contribution in [1.29, 1.82) is 0 Å². The van der Waals surface area contributed by atoms with Crippen LogP contribution in [0.5, 0.6) is 0 Å². The zero-order chi connectivity index (χ0) is 16.1. The Hall–Kier alpha value is -2.34. The molecule has 0 atom stereocenters. The Bertz CT molecular complexity index is 701. The Labute approximate surface area is 137 Å².